The van der Waals surface area contributed by atoms with Crippen molar-refractivity contribution in [3.05, 3.63) is 89.9 Å². The first-order chi connectivity index (χ1) is 33.1. The van der Waals surface area contributed by atoms with Gasteiger partial charge in [-0.15, -0.1) is 0 Å². The maximum absolute atomic E-state index is 14.4. The van der Waals surface area contributed by atoms with Crippen LogP contribution in [0.15, 0.2) is 77.8 Å². The van der Waals surface area contributed by atoms with Gasteiger partial charge in [0.25, 0.3) is 0 Å². The number of hydrogen-bond donors (Lipinski definition) is 7. The number of aromatic nitrogens is 1. The number of carbonyl (C=O) groups excluding carboxylic acids is 6. The fourth-order valence-electron chi connectivity index (χ4n) is 7.71. The summed E-state index contributed by atoms with van der Waals surface area (Å²) in [7, 11) is -2.07. The van der Waals surface area contributed by atoms with Gasteiger partial charge in [0.2, 0.25) is 21.8 Å². The van der Waals surface area contributed by atoms with Crippen LogP contribution in [-0.4, -0.2) is 114 Å². The van der Waals surface area contributed by atoms with Crippen molar-refractivity contribution in [3.63, 3.8) is 0 Å². The van der Waals surface area contributed by atoms with E-state index in [1.807, 2.05) is 4.72 Å². The van der Waals surface area contributed by atoms with Crippen LogP contribution in [0.3, 0.4) is 0 Å². The van der Waals surface area contributed by atoms with Crippen LogP contribution < -0.4 is 24.8 Å². The number of nitrogens with one attached hydrogen (secondary N) is 4. The third-order valence-electron chi connectivity index (χ3n) is 11.5. The molecule has 22 heteroatoms. The molecule has 0 unspecified atom stereocenters. The van der Waals surface area contributed by atoms with Gasteiger partial charge in [0.1, 0.15) is 11.6 Å². The third-order valence-corrected chi connectivity index (χ3v) is 12.9. The van der Waals surface area contributed by atoms with E-state index in [1.54, 1.807) is 30.5 Å². The Kier molecular flexibility index (Phi) is 20.4. The van der Waals surface area contributed by atoms with Gasteiger partial charge in [-0.05, 0) is 67.6 Å². The number of fused-ring (bicyclic) bond motifs is 1. The zero-order valence-electron chi connectivity index (χ0n) is 38.5. The number of rotatable bonds is 31. The molecule has 4 aromatic rings. The van der Waals surface area contributed by atoms with Crippen molar-refractivity contribution < 1.29 is 80.8 Å². The summed E-state index contributed by atoms with van der Waals surface area (Å²) in [5.74, 6) is -13.2. The van der Waals surface area contributed by atoms with E-state index in [4.69, 9.17) is 9.47 Å². The molecular formula is C48H55FN4O16S. The highest BCUT2D eigenvalue weighted by Crippen LogP contribution is 2.30. The molecule has 0 aliphatic rings. The maximum Gasteiger partial charge on any atom is 0.305 e. The molecule has 7 N–H and O–H groups in total. The minimum absolute atomic E-state index is 0.00123. The molecule has 376 valence electrons. The monoisotopic (exact) mass is 994 g/mol. The lowest BCUT2D eigenvalue weighted by Crippen LogP contribution is -2.47. The van der Waals surface area contributed by atoms with Crippen molar-refractivity contribution in [3.8, 4) is 11.5 Å². The summed E-state index contributed by atoms with van der Waals surface area (Å²) in [5.41, 5.74) is 1.62. The molecule has 70 heavy (non-hydrogen) atoms. The Labute approximate surface area is 401 Å². The second kappa shape index (κ2) is 25.9. The largest absolute Gasteiger partial charge is 0.493 e. The smallest absolute Gasteiger partial charge is 0.305 e. The molecule has 20 nitrogen and oxygen atoms in total. The molecule has 5 atom stereocenters. The second-order valence-corrected chi connectivity index (χ2v) is 18.3. The predicted molar refractivity (Wildman–Crippen MR) is 247 cm³/mol. The maximum atomic E-state index is 14.4. The number of ether oxygens (including phenoxy) is 2. The number of halogens is 1. The van der Waals surface area contributed by atoms with Gasteiger partial charge in [-0.2, -0.15) is 0 Å². The second-order valence-electron chi connectivity index (χ2n) is 16.6. The van der Waals surface area contributed by atoms with E-state index in [0.717, 1.165) is 35.2 Å². The first-order valence-corrected chi connectivity index (χ1v) is 23.4. The van der Waals surface area contributed by atoms with E-state index < -0.39 is 155 Å². The molecule has 0 saturated heterocycles. The summed E-state index contributed by atoms with van der Waals surface area (Å²) < 4.78 is 53.4. The van der Waals surface area contributed by atoms with Gasteiger partial charge < -0.3 is 40.4 Å². The Morgan fingerprint density at radius 2 is 1.33 bits per heavy atom. The number of Topliss-reactive ketones (excluding diaryl/α,β-unsaturated/α-hetero) is 4. The predicted octanol–water partition coefficient (Wildman–Crippen LogP) is 3.58. The molecule has 0 fully saturated rings. The highest BCUT2D eigenvalue weighted by molar-refractivity contribution is 7.89. The van der Waals surface area contributed by atoms with Gasteiger partial charge in [0.05, 0.1) is 44.2 Å². The van der Waals surface area contributed by atoms with Crippen LogP contribution >= 0.6 is 0 Å². The lowest BCUT2D eigenvalue weighted by atomic mass is 9.88. The summed E-state index contributed by atoms with van der Waals surface area (Å²) in [5, 5.41) is 34.0. The number of benzene rings is 3. The summed E-state index contributed by atoms with van der Waals surface area (Å²) in [4.78, 5) is 119. The number of carboxylic acid groups (broad SMARTS) is 3. The van der Waals surface area contributed by atoms with Crippen LogP contribution in [0, 0.1) is 23.6 Å². The third kappa shape index (κ3) is 16.7. The summed E-state index contributed by atoms with van der Waals surface area (Å²) in [6.07, 6.45) is -3.34. The number of hydrogen-bond acceptors (Lipinski definition) is 13. The molecule has 0 radical (unpaired) electrons. The highest BCUT2D eigenvalue weighted by Gasteiger charge is 2.34. The Hall–Kier alpha value is -7.33. The SMILES string of the molecule is COc1ccc(S(=O)(=O)N[C@H](CC(=O)O)C(=O)C[C@@H](CCC(=O)O)C(=O)NCC(=O)C[C@@H](Cc2cccc(F)c2)C(=O)N[C@@H](Cc2c[nH]c3ccccc23)C(=O)C[C@@H](CCC(=O)O)C(C)=O)cc1OC. The normalized spacial score (nSPS) is 13.5. The van der Waals surface area contributed by atoms with Gasteiger partial charge >= 0.3 is 17.9 Å². The Bertz CT molecular complexity index is 2700. The average molecular weight is 995 g/mol. The number of ketones is 4. The van der Waals surface area contributed by atoms with E-state index in [0.29, 0.717) is 5.56 Å². The van der Waals surface area contributed by atoms with E-state index in [9.17, 15) is 71.3 Å². The lowest BCUT2D eigenvalue weighted by molar-refractivity contribution is -0.140. The van der Waals surface area contributed by atoms with Crippen LogP contribution in [0.5, 0.6) is 11.5 Å². The van der Waals surface area contributed by atoms with Crippen molar-refractivity contribution in [2.75, 3.05) is 20.8 Å². The summed E-state index contributed by atoms with van der Waals surface area (Å²) in [6, 6.07) is 12.5. The molecule has 4 rings (SSSR count). The van der Waals surface area contributed by atoms with Crippen LogP contribution in [-0.2, 0) is 66.0 Å². The van der Waals surface area contributed by atoms with Crippen molar-refractivity contribution in [2.24, 2.45) is 17.8 Å². The molecular weight excluding hydrogens is 940 g/mol. The zero-order valence-corrected chi connectivity index (χ0v) is 39.3. The zero-order chi connectivity index (χ0) is 51.7. The number of para-hydroxylation sites is 1. The summed E-state index contributed by atoms with van der Waals surface area (Å²) >= 11 is 0. The van der Waals surface area contributed by atoms with Crippen molar-refractivity contribution >= 4 is 73.8 Å². The molecule has 0 saturated carbocycles. The first kappa shape index (κ1) is 55.3. The number of amides is 2. The molecule has 0 bridgehead atoms. The van der Waals surface area contributed by atoms with Gasteiger partial charge in [0.15, 0.2) is 28.8 Å². The van der Waals surface area contributed by atoms with E-state index in [-0.39, 0.29) is 36.3 Å². The van der Waals surface area contributed by atoms with Gasteiger partial charge in [0, 0.05) is 79.4 Å². The Morgan fingerprint density at radius 3 is 1.96 bits per heavy atom. The molecule has 1 aromatic heterocycles. The molecule has 0 spiro atoms. The lowest BCUT2D eigenvalue weighted by Gasteiger charge is -2.24. The average Bonchev–Trinajstić information content (AvgIpc) is 3.71. The van der Waals surface area contributed by atoms with Gasteiger partial charge in [-0.25, -0.2) is 17.5 Å². The first-order valence-electron chi connectivity index (χ1n) is 21.9. The molecule has 0 aliphatic carbocycles. The van der Waals surface area contributed by atoms with E-state index in [1.165, 1.54) is 39.3 Å². The standard InChI is InChI=1S/C48H55FN4O16S/c1-27(54)29(11-15-44(58)59)21-40(56)38(20-32-25-50-37-10-5-4-9-36(32)37)52-48(65)31(17-28-7-6-8-33(49)18-28)19-34(55)26-51-47(64)30(12-16-45(60)61)22-41(57)39(24-46(62)63)53-70(66,67)35-13-14-42(68-2)43(23-35)69-3/h4-10,13-14,18,23,25,29-31,38-39,50,53H,11-12,15-17,19-22,24,26H2,1-3H3,(H,51,64)(H,52,65)(H,58,59)(H,60,61)(H,62,63)/t29-,30-,31-,38+,39-/m1/s1. The van der Waals surface area contributed by atoms with Crippen molar-refractivity contribution in [1.29, 1.82) is 0 Å². The fourth-order valence-corrected chi connectivity index (χ4v) is 8.95. The number of H-pyrrole nitrogens is 1. The van der Waals surface area contributed by atoms with Crippen LogP contribution in [0.4, 0.5) is 4.39 Å². The van der Waals surface area contributed by atoms with Crippen LogP contribution in [0.2, 0.25) is 0 Å². The minimum atomic E-state index is -4.62. The van der Waals surface area contributed by atoms with Crippen LogP contribution in [0.25, 0.3) is 10.9 Å². The van der Waals surface area contributed by atoms with E-state index >= 15 is 0 Å². The number of sulfonamides is 1. The van der Waals surface area contributed by atoms with Gasteiger partial charge in [-0.1, -0.05) is 30.3 Å². The minimum Gasteiger partial charge on any atom is -0.493 e. The number of carboxylic acids is 3. The molecule has 3 aromatic carbocycles. The Morgan fingerprint density at radius 1 is 0.686 bits per heavy atom. The van der Waals surface area contributed by atoms with E-state index in [2.05, 4.69) is 15.6 Å². The van der Waals surface area contributed by atoms with Crippen molar-refractivity contribution in [1.82, 2.24) is 20.3 Å². The quantitative estimate of drug-likeness (QED) is 0.0379. The summed E-state index contributed by atoms with van der Waals surface area (Å²) in [6.45, 7) is 0.442. The van der Waals surface area contributed by atoms with Crippen LogP contribution in [0.1, 0.15) is 69.4 Å². The number of methoxy groups -OCH3 is 2. The Balaban J connectivity index is 1.56. The number of aromatic amines is 1. The molecule has 2 amide bonds. The van der Waals surface area contributed by atoms with Gasteiger partial charge in [-0.3, -0.25) is 43.2 Å². The number of carbonyl (C=O) groups is 9. The number of aliphatic carboxylic acids is 3. The molecule has 0 aliphatic heterocycles. The highest BCUT2D eigenvalue weighted by atomic mass is 32.2. The topological polar surface area (TPSA) is 319 Å². The van der Waals surface area contributed by atoms with Crippen molar-refractivity contribution in [2.45, 2.75) is 88.1 Å². The molecule has 1 heterocycles. The fraction of sp³-hybridized carbons (Fsp3) is 0.396.